The molecule has 8 heteroatoms. The number of rotatable bonds is 10. The van der Waals surface area contributed by atoms with Crippen LogP contribution in [0.2, 0.25) is 0 Å². The van der Waals surface area contributed by atoms with Gasteiger partial charge in [-0.2, -0.15) is 0 Å². The number of hydrogen-bond acceptors (Lipinski definition) is 6. The first-order valence-corrected chi connectivity index (χ1v) is 12.3. The molecule has 2 saturated heterocycles. The first-order valence-electron chi connectivity index (χ1n) is 12.3. The van der Waals surface area contributed by atoms with Gasteiger partial charge in [0.05, 0.1) is 0 Å². The molecule has 0 bridgehead atoms. The van der Waals surface area contributed by atoms with Crippen molar-refractivity contribution in [3.05, 3.63) is 18.5 Å². The van der Waals surface area contributed by atoms with Gasteiger partial charge in [0.25, 0.3) is 0 Å². The Labute approximate surface area is 188 Å². The van der Waals surface area contributed by atoms with Crippen molar-refractivity contribution in [3.8, 4) is 0 Å². The summed E-state index contributed by atoms with van der Waals surface area (Å²) in [5.41, 5.74) is 0. The van der Waals surface area contributed by atoms with Crippen LogP contribution in [0.1, 0.15) is 46.0 Å². The van der Waals surface area contributed by atoms with Crippen LogP contribution in [0.5, 0.6) is 0 Å². The Balaban J connectivity index is 1.32. The SMILES string of the molecule is CCNC(=NCCCN1CCN(c2ncccn2)CC1)NCCN1CCCCC1CC. The number of nitrogens with one attached hydrogen (secondary N) is 2. The molecule has 0 radical (unpaired) electrons. The van der Waals surface area contributed by atoms with Gasteiger partial charge in [-0.05, 0) is 45.2 Å². The Morgan fingerprint density at radius 1 is 1.03 bits per heavy atom. The smallest absolute Gasteiger partial charge is 0.225 e. The fourth-order valence-corrected chi connectivity index (χ4v) is 4.59. The molecular formula is C23H42N8. The molecule has 8 nitrogen and oxygen atoms in total. The van der Waals surface area contributed by atoms with Crippen molar-refractivity contribution in [3.63, 3.8) is 0 Å². The molecule has 0 spiro atoms. The van der Waals surface area contributed by atoms with Crippen LogP contribution in [-0.4, -0.2) is 97.2 Å². The zero-order chi connectivity index (χ0) is 21.7. The zero-order valence-electron chi connectivity index (χ0n) is 19.6. The molecule has 2 aliphatic heterocycles. The van der Waals surface area contributed by atoms with E-state index in [1.165, 1.54) is 32.2 Å². The lowest BCUT2D eigenvalue weighted by molar-refractivity contribution is 0.147. The first kappa shape index (κ1) is 23.7. The van der Waals surface area contributed by atoms with Crippen LogP contribution in [0.3, 0.4) is 0 Å². The quantitative estimate of drug-likeness (QED) is 0.333. The predicted octanol–water partition coefficient (Wildman–Crippen LogP) is 1.81. The molecule has 1 aromatic rings. The van der Waals surface area contributed by atoms with E-state index < -0.39 is 0 Å². The minimum Gasteiger partial charge on any atom is -0.357 e. The summed E-state index contributed by atoms with van der Waals surface area (Å²) in [7, 11) is 0. The minimum atomic E-state index is 0.768. The molecule has 0 aliphatic carbocycles. The highest BCUT2D eigenvalue weighted by atomic mass is 15.3. The van der Waals surface area contributed by atoms with Crippen LogP contribution in [0, 0.1) is 0 Å². The molecule has 1 unspecified atom stereocenters. The third-order valence-corrected chi connectivity index (χ3v) is 6.37. The average molecular weight is 431 g/mol. The van der Waals surface area contributed by atoms with Crippen molar-refractivity contribution in [1.29, 1.82) is 0 Å². The Kier molecular flexibility index (Phi) is 10.3. The maximum atomic E-state index is 4.80. The summed E-state index contributed by atoms with van der Waals surface area (Å²) < 4.78 is 0. The van der Waals surface area contributed by atoms with Gasteiger partial charge in [0.1, 0.15) is 0 Å². The molecule has 31 heavy (non-hydrogen) atoms. The fraction of sp³-hybridized carbons (Fsp3) is 0.783. The van der Waals surface area contributed by atoms with Gasteiger partial charge in [-0.1, -0.05) is 13.3 Å². The summed E-state index contributed by atoms with van der Waals surface area (Å²) in [5, 5.41) is 6.93. The van der Waals surface area contributed by atoms with Gasteiger partial charge < -0.3 is 15.5 Å². The van der Waals surface area contributed by atoms with Crippen LogP contribution in [0.4, 0.5) is 5.95 Å². The van der Waals surface area contributed by atoms with Crippen LogP contribution in [-0.2, 0) is 0 Å². The molecule has 174 valence electrons. The predicted molar refractivity (Wildman–Crippen MR) is 129 cm³/mol. The summed E-state index contributed by atoms with van der Waals surface area (Å²) in [5.74, 6) is 1.81. The van der Waals surface area contributed by atoms with E-state index in [9.17, 15) is 0 Å². The second-order valence-corrected chi connectivity index (χ2v) is 8.51. The van der Waals surface area contributed by atoms with Crippen LogP contribution in [0.25, 0.3) is 0 Å². The second-order valence-electron chi connectivity index (χ2n) is 8.51. The van der Waals surface area contributed by atoms with Crippen LogP contribution < -0.4 is 15.5 Å². The molecule has 1 aromatic heterocycles. The van der Waals surface area contributed by atoms with E-state index in [2.05, 4.69) is 49.1 Å². The highest BCUT2D eigenvalue weighted by Crippen LogP contribution is 2.18. The maximum Gasteiger partial charge on any atom is 0.225 e. The van der Waals surface area contributed by atoms with E-state index in [-0.39, 0.29) is 0 Å². The Bertz CT molecular complexity index is 630. The van der Waals surface area contributed by atoms with E-state index in [0.717, 1.165) is 83.3 Å². The summed E-state index contributed by atoms with van der Waals surface area (Å²) in [6.45, 7) is 14.7. The van der Waals surface area contributed by atoms with Gasteiger partial charge in [0.15, 0.2) is 5.96 Å². The number of piperazine rings is 1. The molecule has 3 heterocycles. The minimum absolute atomic E-state index is 0.768. The lowest BCUT2D eigenvalue weighted by Crippen LogP contribution is -2.47. The zero-order valence-corrected chi connectivity index (χ0v) is 19.6. The number of aliphatic imine (C=N–C) groups is 1. The molecule has 2 N–H and O–H groups in total. The lowest BCUT2D eigenvalue weighted by Gasteiger charge is -2.35. The van der Waals surface area contributed by atoms with E-state index in [4.69, 9.17) is 4.99 Å². The highest BCUT2D eigenvalue weighted by molar-refractivity contribution is 5.79. The lowest BCUT2D eigenvalue weighted by atomic mass is 10.0. The second kappa shape index (κ2) is 13.5. The summed E-state index contributed by atoms with van der Waals surface area (Å²) >= 11 is 0. The van der Waals surface area contributed by atoms with Crippen molar-refractivity contribution in [2.24, 2.45) is 4.99 Å². The van der Waals surface area contributed by atoms with E-state index >= 15 is 0 Å². The topological polar surface area (TPSA) is 71.9 Å². The monoisotopic (exact) mass is 430 g/mol. The average Bonchev–Trinajstić information content (AvgIpc) is 2.83. The van der Waals surface area contributed by atoms with Crippen LogP contribution >= 0.6 is 0 Å². The maximum absolute atomic E-state index is 4.80. The Hall–Kier alpha value is -1.93. The van der Waals surface area contributed by atoms with E-state index in [1.807, 2.05) is 18.5 Å². The first-order chi connectivity index (χ1) is 15.3. The third-order valence-electron chi connectivity index (χ3n) is 6.37. The third kappa shape index (κ3) is 7.92. The molecule has 1 atom stereocenters. The summed E-state index contributed by atoms with van der Waals surface area (Å²) in [6, 6.07) is 2.64. The van der Waals surface area contributed by atoms with Crippen molar-refractivity contribution in [1.82, 2.24) is 30.4 Å². The molecule has 0 aromatic carbocycles. The van der Waals surface area contributed by atoms with Crippen molar-refractivity contribution in [2.75, 3.05) is 70.3 Å². The van der Waals surface area contributed by atoms with Crippen molar-refractivity contribution >= 4 is 11.9 Å². The van der Waals surface area contributed by atoms with Gasteiger partial charge in [0, 0.05) is 77.3 Å². The summed E-state index contributed by atoms with van der Waals surface area (Å²) in [6.07, 6.45) is 10.1. The van der Waals surface area contributed by atoms with E-state index in [1.54, 1.807) is 0 Å². The molecule has 3 rings (SSSR count). The van der Waals surface area contributed by atoms with Gasteiger partial charge >= 0.3 is 0 Å². The largest absolute Gasteiger partial charge is 0.357 e. The van der Waals surface area contributed by atoms with Gasteiger partial charge in [0.2, 0.25) is 5.95 Å². The Morgan fingerprint density at radius 2 is 1.84 bits per heavy atom. The fourth-order valence-electron chi connectivity index (χ4n) is 4.59. The number of nitrogens with zero attached hydrogens (tertiary/aromatic N) is 6. The van der Waals surface area contributed by atoms with Gasteiger partial charge in [-0.3, -0.25) is 14.8 Å². The number of guanidine groups is 1. The standard InChI is InChI=1S/C23H42N8/c1-3-21-9-5-6-15-30(21)16-13-26-22(24-4-2)25-12-8-14-29-17-19-31(20-18-29)23-27-10-7-11-28-23/h7,10-11,21H,3-6,8-9,12-20H2,1-2H3,(H2,24,25,26). The highest BCUT2D eigenvalue weighted by Gasteiger charge is 2.20. The molecule has 2 aliphatic rings. The van der Waals surface area contributed by atoms with E-state index in [0.29, 0.717) is 0 Å². The molecular weight excluding hydrogens is 388 g/mol. The Morgan fingerprint density at radius 3 is 2.58 bits per heavy atom. The summed E-state index contributed by atoms with van der Waals surface area (Å²) in [4.78, 5) is 21.0. The van der Waals surface area contributed by atoms with Gasteiger partial charge in [-0.25, -0.2) is 9.97 Å². The van der Waals surface area contributed by atoms with Crippen LogP contribution in [0.15, 0.2) is 23.5 Å². The number of anilines is 1. The normalized spacial score (nSPS) is 21.3. The van der Waals surface area contributed by atoms with Gasteiger partial charge in [-0.15, -0.1) is 0 Å². The van der Waals surface area contributed by atoms with Crippen molar-refractivity contribution < 1.29 is 0 Å². The number of aromatic nitrogens is 2. The molecule has 0 amide bonds. The number of likely N-dealkylation sites (tertiary alicyclic amines) is 1. The molecule has 2 fully saturated rings. The number of piperidine rings is 1. The molecule has 0 saturated carbocycles. The van der Waals surface area contributed by atoms with Crippen molar-refractivity contribution in [2.45, 2.75) is 52.0 Å². The number of hydrogen-bond donors (Lipinski definition) is 2.